The molecular formula is C16H16BrNO2. The molecule has 0 saturated carbocycles. The van der Waals surface area contributed by atoms with Crippen molar-refractivity contribution in [2.24, 2.45) is 0 Å². The second kappa shape index (κ2) is 5.37. The zero-order valence-corrected chi connectivity index (χ0v) is 12.8. The van der Waals surface area contributed by atoms with Crippen LogP contribution in [-0.4, -0.2) is 12.2 Å². The summed E-state index contributed by atoms with van der Waals surface area (Å²) < 4.78 is 6.26. The van der Waals surface area contributed by atoms with E-state index in [1.165, 1.54) is 5.56 Å². The molecule has 2 N–H and O–H groups in total. The maximum absolute atomic E-state index is 9.89. The fourth-order valence-corrected chi connectivity index (χ4v) is 3.22. The highest BCUT2D eigenvalue weighted by molar-refractivity contribution is 9.10. The van der Waals surface area contributed by atoms with E-state index in [1.807, 2.05) is 24.3 Å². The summed E-state index contributed by atoms with van der Waals surface area (Å²) in [6.07, 6.45) is 1.90. The number of hydrogen-bond donors (Lipinski definition) is 2. The molecule has 0 aliphatic heterocycles. The topological polar surface area (TPSA) is 41.5 Å². The summed E-state index contributed by atoms with van der Waals surface area (Å²) in [4.78, 5) is 0. The van der Waals surface area contributed by atoms with Crippen LogP contribution in [0.4, 0.5) is 5.69 Å². The van der Waals surface area contributed by atoms with Crippen molar-refractivity contribution in [2.45, 2.75) is 18.9 Å². The van der Waals surface area contributed by atoms with E-state index in [2.05, 4.69) is 27.3 Å². The molecule has 0 aromatic heterocycles. The Morgan fingerprint density at radius 2 is 2.15 bits per heavy atom. The number of fused-ring (bicyclic) bond motifs is 1. The molecule has 0 spiro atoms. The molecule has 0 fully saturated rings. The lowest BCUT2D eigenvalue weighted by atomic mass is 10.1. The molecule has 2 aromatic rings. The molecule has 3 nitrogen and oxygen atoms in total. The third-order valence-electron chi connectivity index (χ3n) is 3.69. The quantitative estimate of drug-likeness (QED) is 0.881. The van der Waals surface area contributed by atoms with Crippen LogP contribution < -0.4 is 10.1 Å². The van der Waals surface area contributed by atoms with Gasteiger partial charge in [-0.15, -0.1) is 0 Å². The van der Waals surface area contributed by atoms with Gasteiger partial charge in [0.2, 0.25) is 0 Å². The Morgan fingerprint density at radius 3 is 2.95 bits per heavy atom. The van der Waals surface area contributed by atoms with Crippen molar-refractivity contribution in [1.29, 1.82) is 0 Å². The number of rotatable bonds is 3. The summed E-state index contributed by atoms with van der Waals surface area (Å²) in [5.74, 6) is 1.22. The average Bonchev–Trinajstić information content (AvgIpc) is 2.83. The third kappa shape index (κ3) is 2.48. The molecule has 0 radical (unpaired) electrons. The van der Waals surface area contributed by atoms with Gasteiger partial charge in [0.05, 0.1) is 13.2 Å². The number of ether oxygens (including phenoxy) is 1. The van der Waals surface area contributed by atoms with Crippen LogP contribution in [0.15, 0.2) is 40.9 Å². The van der Waals surface area contributed by atoms with E-state index < -0.39 is 0 Å². The minimum absolute atomic E-state index is 0.233. The van der Waals surface area contributed by atoms with Crippen LogP contribution in [0.5, 0.6) is 11.5 Å². The number of phenolic OH excluding ortho intramolecular Hbond substituents is 1. The van der Waals surface area contributed by atoms with Crippen LogP contribution in [0.3, 0.4) is 0 Å². The number of methoxy groups -OCH3 is 1. The molecule has 2 aromatic carbocycles. The fourth-order valence-electron chi connectivity index (χ4n) is 2.75. The van der Waals surface area contributed by atoms with E-state index in [4.69, 9.17) is 4.74 Å². The van der Waals surface area contributed by atoms with E-state index in [-0.39, 0.29) is 6.04 Å². The lowest BCUT2D eigenvalue weighted by Gasteiger charge is -2.16. The highest BCUT2D eigenvalue weighted by Gasteiger charge is 2.24. The third-order valence-corrected chi connectivity index (χ3v) is 4.15. The van der Waals surface area contributed by atoms with Crippen molar-refractivity contribution in [3.8, 4) is 11.5 Å². The number of benzene rings is 2. The van der Waals surface area contributed by atoms with Crippen molar-refractivity contribution in [2.75, 3.05) is 12.4 Å². The minimum Gasteiger partial charge on any atom is -0.508 e. The Bertz CT molecular complexity index is 642. The van der Waals surface area contributed by atoms with Crippen LogP contribution in [0.1, 0.15) is 23.6 Å². The van der Waals surface area contributed by atoms with Crippen molar-refractivity contribution >= 4 is 21.6 Å². The number of nitrogens with one attached hydrogen (secondary N) is 1. The maximum atomic E-state index is 9.89. The molecule has 0 heterocycles. The van der Waals surface area contributed by atoms with Gasteiger partial charge in [0.25, 0.3) is 0 Å². The van der Waals surface area contributed by atoms with Gasteiger partial charge in [0.15, 0.2) is 0 Å². The highest BCUT2D eigenvalue weighted by Crippen LogP contribution is 2.39. The summed E-state index contributed by atoms with van der Waals surface area (Å²) in [6, 6.07) is 11.9. The van der Waals surface area contributed by atoms with E-state index in [9.17, 15) is 5.11 Å². The van der Waals surface area contributed by atoms with Crippen LogP contribution in [0.2, 0.25) is 0 Å². The first-order valence-corrected chi connectivity index (χ1v) is 7.38. The largest absolute Gasteiger partial charge is 0.508 e. The molecule has 1 atom stereocenters. The summed E-state index contributed by atoms with van der Waals surface area (Å²) >= 11 is 3.49. The second-order valence-electron chi connectivity index (χ2n) is 4.96. The molecule has 20 heavy (non-hydrogen) atoms. The monoisotopic (exact) mass is 333 g/mol. The number of halogens is 1. The van der Waals surface area contributed by atoms with E-state index in [0.29, 0.717) is 5.75 Å². The smallest absolute Gasteiger partial charge is 0.122 e. The molecule has 4 heteroatoms. The first-order valence-electron chi connectivity index (χ1n) is 6.59. The average molecular weight is 334 g/mol. The molecule has 1 aliphatic carbocycles. The number of hydrogen-bond acceptors (Lipinski definition) is 3. The van der Waals surface area contributed by atoms with Gasteiger partial charge in [-0.1, -0.05) is 28.1 Å². The summed E-state index contributed by atoms with van der Waals surface area (Å²) in [6.45, 7) is 0. The highest BCUT2D eigenvalue weighted by atomic mass is 79.9. The molecule has 3 rings (SSSR count). The van der Waals surface area contributed by atoms with Gasteiger partial charge in [0.1, 0.15) is 11.5 Å². The molecule has 0 bridgehead atoms. The molecule has 104 valence electrons. The van der Waals surface area contributed by atoms with Gasteiger partial charge in [-0.05, 0) is 42.2 Å². The Hall–Kier alpha value is -1.68. The normalized spacial score (nSPS) is 16.8. The van der Waals surface area contributed by atoms with Gasteiger partial charge in [-0.2, -0.15) is 0 Å². The predicted molar refractivity (Wildman–Crippen MR) is 83.5 cm³/mol. The van der Waals surface area contributed by atoms with Crippen LogP contribution in [-0.2, 0) is 6.42 Å². The number of aromatic hydroxyl groups is 1. The molecule has 1 unspecified atom stereocenters. The zero-order chi connectivity index (χ0) is 14.1. The fraction of sp³-hybridized carbons (Fsp3) is 0.250. The lowest BCUT2D eigenvalue weighted by Crippen LogP contribution is -2.07. The Labute approximate surface area is 126 Å². The standard InChI is InChI=1S/C16H16BrNO2/c1-20-12-8-10(17)7-11(9-12)18-15-6-5-14-13(15)3-2-4-16(14)19/h2-4,7-9,15,18-19H,5-6H2,1H3. The second-order valence-corrected chi connectivity index (χ2v) is 5.88. The molecule has 1 aliphatic rings. The van der Waals surface area contributed by atoms with Crippen molar-refractivity contribution < 1.29 is 9.84 Å². The maximum Gasteiger partial charge on any atom is 0.122 e. The molecular weight excluding hydrogens is 318 g/mol. The SMILES string of the molecule is COc1cc(Br)cc(NC2CCc3c(O)cccc32)c1. The summed E-state index contributed by atoms with van der Waals surface area (Å²) in [5.41, 5.74) is 3.26. The Kier molecular flexibility index (Phi) is 3.57. The first kappa shape index (κ1) is 13.3. The Morgan fingerprint density at radius 1 is 1.30 bits per heavy atom. The van der Waals surface area contributed by atoms with Crippen LogP contribution in [0, 0.1) is 0 Å². The zero-order valence-electron chi connectivity index (χ0n) is 11.2. The summed E-state index contributed by atoms with van der Waals surface area (Å²) in [7, 11) is 1.66. The Balaban J connectivity index is 1.87. The van der Waals surface area contributed by atoms with Crippen LogP contribution in [0.25, 0.3) is 0 Å². The number of anilines is 1. The van der Waals surface area contributed by atoms with Crippen LogP contribution >= 0.6 is 15.9 Å². The van der Waals surface area contributed by atoms with Gasteiger partial charge in [-0.3, -0.25) is 0 Å². The van der Waals surface area contributed by atoms with Gasteiger partial charge in [0, 0.05) is 16.2 Å². The molecule has 0 amide bonds. The summed E-state index contributed by atoms with van der Waals surface area (Å²) in [5, 5.41) is 13.4. The van der Waals surface area contributed by atoms with Crippen molar-refractivity contribution in [1.82, 2.24) is 0 Å². The number of phenols is 1. The van der Waals surface area contributed by atoms with Gasteiger partial charge >= 0.3 is 0 Å². The van der Waals surface area contributed by atoms with E-state index >= 15 is 0 Å². The van der Waals surface area contributed by atoms with Crippen molar-refractivity contribution in [3.05, 3.63) is 52.0 Å². The van der Waals surface area contributed by atoms with Gasteiger partial charge in [-0.25, -0.2) is 0 Å². The molecule has 0 saturated heterocycles. The predicted octanol–water partition coefficient (Wildman–Crippen LogP) is 4.26. The van der Waals surface area contributed by atoms with Gasteiger partial charge < -0.3 is 15.2 Å². The van der Waals surface area contributed by atoms with Crippen molar-refractivity contribution in [3.63, 3.8) is 0 Å². The minimum atomic E-state index is 0.233. The first-order chi connectivity index (χ1) is 9.67. The van der Waals surface area contributed by atoms with E-state index in [1.54, 1.807) is 13.2 Å². The lowest BCUT2D eigenvalue weighted by molar-refractivity contribution is 0.414. The van der Waals surface area contributed by atoms with E-state index in [0.717, 1.165) is 34.3 Å².